The van der Waals surface area contributed by atoms with E-state index in [1.807, 2.05) is 10.8 Å². The number of carbonyl (C=O) groups excluding carboxylic acids is 1. The Kier molecular flexibility index (Phi) is 3.59. The van der Waals surface area contributed by atoms with E-state index in [2.05, 4.69) is 22.1 Å². The molecule has 120 valence electrons. The van der Waals surface area contributed by atoms with Gasteiger partial charge in [-0.2, -0.15) is 0 Å². The Bertz CT molecular complexity index is 515. The van der Waals surface area contributed by atoms with Gasteiger partial charge in [0.15, 0.2) is 0 Å². The van der Waals surface area contributed by atoms with Crippen LogP contribution in [0.3, 0.4) is 0 Å². The summed E-state index contributed by atoms with van der Waals surface area (Å²) in [7, 11) is 0. The van der Waals surface area contributed by atoms with Crippen molar-refractivity contribution in [2.24, 2.45) is 17.8 Å². The fourth-order valence-electron chi connectivity index (χ4n) is 5.08. The second-order valence-electron chi connectivity index (χ2n) is 7.69. The maximum Gasteiger partial charge on any atom is 0.317 e. The van der Waals surface area contributed by atoms with Gasteiger partial charge in [-0.05, 0) is 56.8 Å². The predicted molar refractivity (Wildman–Crippen MR) is 84.3 cm³/mol. The number of fused-ring (bicyclic) bond motifs is 1. The lowest BCUT2D eigenvalue weighted by Crippen LogP contribution is -2.50. The molecule has 3 heterocycles. The van der Waals surface area contributed by atoms with E-state index in [9.17, 15) is 4.79 Å². The maximum atomic E-state index is 12.7. The fraction of sp³-hybridized carbons (Fsp3) is 0.765. The number of aromatic nitrogens is 2. The van der Waals surface area contributed by atoms with Gasteiger partial charge < -0.3 is 14.8 Å². The second kappa shape index (κ2) is 5.60. The number of imidazole rings is 1. The molecule has 4 bridgehead atoms. The first-order valence-electron chi connectivity index (χ1n) is 8.70. The summed E-state index contributed by atoms with van der Waals surface area (Å²) in [6.07, 6.45) is 12.1. The molecule has 0 aromatic carbocycles. The molecule has 4 fully saturated rings. The molecule has 5 heteroatoms. The van der Waals surface area contributed by atoms with Gasteiger partial charge in [0.2, 0.25) is 0 Å². The fourth-order valence-corrected chi connectivity index (χ4v) is 5.08. The zero-order valence-electron chi connectivity index (χ0n) is 13.3. The first kappa shape index (κ1) is 14.1. The standard InChI is InChI=1S/C17H26N4O/c1-12(9-20-3-2-18-11-20)19-17(22)21-10-15-5-13-4-14(6-15)8-16(21)7-13/h2-3,11-16H,4-10H2,1H3,(H,19,22). The lowest BCUT2D eigenvalue weighted by atomic mass is 9.68. The van der Waals surface area contributed by atoms with Crippen LogP contribution in [0.1, 0.15) is 39.0 Å². The number of amides is 2. The third-order valence-corrected chi connectivity index (χ3v) is 5.78. The molecule has 4 aliphatic rings. The number of rotatable bonds is 3. The van der Waals surface area contributed by atoms with Gasteiger partial charge in [-0.15, -0.1) is 0 Å². The Labute approximate surface area is 132 Å². The first-order valence-corrected chi connectivity index (χ1v) is 8.70. The Morgan fingerprint density at radius 1 is 1.23 bits per heavy atom. The lowest BCUT2D eigenvalue weighted by Gasteiger charge is -2.39. The van der Waals surface area contributed by atoms with Crippen molar-refractivity contribution in [1.82, 2.24) is 19.8 Å². The number of carbonyl (C=O) groups is 1. The molecule has 22 heavy (non-hydrogen) atoms. The number of hydrogen-bond acceptors (Lipinski definition) is 2. The maximum absolute atomic E-state index is 12.7. The van der Waals surface area contributed by atoms with Crippen LogP contribution in [0.2, 0.25) is 0 Å². The van der Waals surface area contributed by atoms with E-state index in [1.54, 1.807) is 12.5 Å². The van der Waals surface area contributed by atoms with Crippen molar-refractivity contribution in [3.63, 3.8) is 0 Å². The molecule has 5 rings (SSSR count). The van der Waals surface area contributed by atoms with E-state index in [-0.39, 0.29) is 12.1 Å². The smallest absolute Gasteiger partial charge is 0.317 e. The van der Waals surface area contributed by atoms with Gasteiger partial charge in [0.05, 0.1) is 6.33 Å². The summed E-state index contributed by atoms with van der Waals surface area (Å²) in [6.45, 7) is 3.82. The molecule has 2 saturated heterocycles. The van der Waals surface area contributed by atoms with Crippen LogP contribution in [0.25, 0.3) is 0 Å². The topological polar surface area (TPSA) is 50.2 Å². The van der Waals surface area contributed by atoms with Gasteiger partial charge in [-0.3, -0.25) is 0 Å². The summed E-state index contributed by atoms with van der Waals surface area (Å²) in [5.41, 5.74) is 0. The quantitative estimate of drug-likeness (QED) is 0.932. The van der Waals surface area contributed by atoms with Crippen LogP contribution in [-0.4, -0.2) is 39.1 Å². The van der Waals surface area contributed by atoms with Crippen LogP contribution < -0.4 is 5.32 Å². The molecule has 1 aromatic rings. The predicted octanol–water partition coefficient (Wildman–Crippen LogP) is 2.49. The number of urea groups is 1. The van der Waals surface area contributed by atoms with Crippen molar-refractivity contribution in [3.05, 3.63) is 18.7 Å². The van der Waals surface area contributed by atoms with Gasteiger partial charge in [-0.25, -0.2) is 9.78 Å². The van der Waals surface area contributed by atoms with E-state index in [0.717, 1.165) is 30.8 Å². The largest absolute Gasteiger partial charge is 0.335 e. The first-order chi connectivity index (χ1) is 10.7. The van der Waals surface area contributed by atoms with Gasteiger partial charge in [-0.1, -0.05) is 0 Å². The van der Waals surface area contributed by atoms with Crippen molar-refractivity contribution in [2.45, 2.75) is 57.7 Å². The number of hydrogen-bond donors (Lipinski definition) is 1. The molecule has 0 spiro atoms. The minimum atomic E-state index is 0.124. The number of nitrogens with zero attached hydrogens (tertiary/aromatic N) is 3. The highest BCUT2D eigenvalue weighted by atomic mass is 16.2. The Balaban J connectivity index is 1.39. The van der Waals surface area contributed by atoms with Crippen molar-refractivity contribution in [3.8, 4) is 0 Å². The summed E-state index contributed by atoms with van der Waals surface area (Å²) in [5.74, 6) is 2.50. The van der Waals surface area contributed by atoms with E-state index in [4.69, 9.17) is 0 Å². The molecule has 1 N–H and O–H groups in total. The molecule has 3 atom stereocenters. The third-order valence-electron chi connectivity index (χ3n) is 5.78. The second-order valence-corrected chi connectivity index (χ2v) is 7.69. The lowest BCUT2D eigenvalue weighted by molar-refractivity contribution is 0.130. The summed E-state index contributed by atoms with van der Waals surface area (Å²) in [5, 5.41) is 3.20. The summed E-state index contributed by atoms with van der Waals surface area (Å²) < 4.78 is 2.01. The third kappa shape index (κ3) is 2.73. The van der Waals surface area contributed by atoms with E-state index in [0.29, 0.717) is 6.04 Å². The molecule has 2 aliphatic heterocycles. The van der Waals surface area contributed by atoms with Crippen LogP contribution in [0.5, 0.6) is 0 Å². The molecule has 0 radical (unpaired) electrons. The highest BCUT2D eigenvalue weighted by Gasteiger charge is 2.44. The van der Waals surface area contributed by atoms with Crippen molar-refractivity contribution >= 4 is 6.03 Å². The van der Waals surface area contributed by atoms with Crippen molar-refractivity contribution < 1.29 is 4.79 Å². The van der Waals surface area contributed by atoms with Crippen LogP contribution in [0, 0.1) is 17.8 Å². The van der Waals surface area contributed by atoms with Crippen LogP contribution in [0.15, 0.2) is 18.7 Å². The van der Waals surface area contributed by atoms with Crippen LogP contribution >= 0.6 is 0 Å². The van der Waals surface area contributed by atoms with Gasteiger partial charge in [0.25, 0.3) is 0 Å². The minimum absolute atomic E-state index is 0.124. The average molecular weight is 302 g/mol. The molecular weight excluding hydrogens is 276 g/mol. The summed E-state index contributed by atoms with van der Waals surface area (Å²) >= 11 is 0. The highest BCUT2D eigenvalue weighted by Crippen LogP contribution is 2.47. The van der Waals surface area contributed by atoms with Crippen LogP contribution in [-0.2, 0) is 6.54 Å². The normalized spacial score (nSPS) is 34.5. The Morgan fingerprint density at radius 2 is 1.95 bits per heavy atom. The van der Waals surface area contributed by atoms with E-state index < -0.39 is 0 Å². The minimum Gasteiger partial charge on any atom is -0.335 e. The molecule has 3 unspecified atom stereocenters. The molecule has 1 aromatic heterocycles. The van der Waals surface area contributed by atoms with Gasteiger partial charge >= 0.3 is 6.03 Å². The Morgan fingerprint density at radius 3 is 2.64 bits per heavy atom. The summed E-state index contributed by atoms with van der Waals surface area (Å²) in [4.78, 5) is 19.0. The zero-order chi connectivity index (χ0) is 15.1. The Hall–Kier alpha value is -1.52. The number of nitrogens with one attached hydrogen (secondary N) is 1. The van der Waals surface area contributed by atoms with Gasteiger partial charge in [0, 0.05) is 37.6 Å². The van der Waals surface area contributed by atoms with Crippen molar-refractivity contribution in [1.29, 1.82) is 0 Å². The molecule has 2 aliphatic carbocycles. The van der Waals surface area contributed by atoms with Crippen molar-refractivity contribution in [2.75, 3.05) is 6.54 Å². The molecule has 5 nitrogen and oxygen atoms in total. The SMILES string of the molecule is CC(Cn1ccnc1)NC(=O)N1CC2CC3CC(C2)CC1C3. The zero-order valence-corrected chi connectivity index (χ0v) is 13.3. The summed E-state index contributed by atoms with van der Waals surface area (Å²) in [6, 6.07) is 0.752. The molecule has 2 saturated carbocycles. The molecular formula is C17H26N4O. The van der Waals surface area contributed by atoms with E-state index in [1.165, 1.54) is 32.1 Å². The van der Waals surface area contributed by atoms with Gasteiger partial charge in [0.1, 0.15) is 0 Å². The highest BCUT2D eigenvalue weighted by molar-refractivity contribution is 5.75. The van der Waals surface area contributed by atoms with E-state index >= 15 is 0 Å². The average Bonchev–Trinajstić information content (AvgIpc) is 2.88. The monoisotopic (exact) mass is 302 g/mol. The van der Waals surface area contributed by atoms with Crippen LogP contribution in [0.4, 0.5) is 4.79 Å². The molecule has 2 amide bonds.